The van der Waals surface area contributed by atoms with Gasteiger partial charge in [-0.3, -0.25) is 0 Å². The molecule has 0 atom stereocenters. The molecule has 0 unspecified atom stereocenters. The smallest absolute Gasteiger partial charge is 0.322 e. The summed E-state index contributed by atoms with van der Waals surface area (Å²) < 4.78 is 0. The van der Waals surface area contributed by atoms with Gasteiger partial charge in [-0.05, 0) is 29.2 Å². The summed E-state index contributed by atoms with van der Waals surface area (Å²) >= 11 is 0. The van der Waals surface area contributed by atoms with Crippen LogP contribution in [0, 0.1) is 10.1 Å². The molecule has 0 saturated carbocycles. The number of hydrogen-bond acceptors (Lipinski definition) is 5. The summed E-state index contributed by atoms with van der Waals surface area (Å²) in [5.41, 5.74) is 1.75. The fourth-order valence-electron chi connectivity index (χ4n) is 1.47. The number of benzene rings is 1. The molecular formula is C12H13N5O2. The Bertz CT molecular complexity index is 601. The van der Waals surface area contributed by atoms with Gasteiger partial charge in [-0.25, -0.2) is 4.98 Å². The first-order valence-electron chi connectivity index (χ1n) is 5.59. The van der Waals surface area contributed by atoms with Crippen LogP contribution in [0.3, 0.4) is 0 Å². The molecule has 0 amide bonds. The number of aromatic nitrogens is 1. The number of azo groups is 1. The molecule has 1 aromatic carbocycles. The Morgan fingerprint density at radius 2 is 1.79 bits per heavy atom. The Labute approximate surface area is 109 Å². The van der Waals surface area contributed by atoms with Gasteiger partial charge in [0.05, 0.1) is 5.69 Å². The van der Waals surface area contributed by atoms with E-state index < -0.39 is 4.92 Å². The Morgan fingerprint density at radius 1 is 1.11 bits per heavy atom. The van der Waals surface area contributed by atoms with Crippen molar-refractivity contribution < 1.29 is 4.92 Å². The minimum absolute atomic E-state index is 0.100. The fraction of sp³-hybridized carbons (Fsp3) is 0.167. The molecule has 0 aliphatic heterocycles. The summed E-state index contributed by atoms with van der Waals surface area (Å²) in [7, 11) is 3.91. The van der Waals surface area contributed by atoms with Crippen molar-refractivity contribution in [2.24, 2.45) is 10.2 Å². The maximum absolute atomic E-state index is 10.5. The van der Waals surface area contributed by atoms with Crippen molar-refractivity contribution in [2.45, 2.75) is 0 Å². The second-order valence-corrected chi connectivity index (χ2v) is 4.10. The van der Waals surface area contributed by atoms with Crippen LogP contribution in [0.1, 0.15) is 0 Å². The van der Waals surface area contributed by atoms with E-state index in [4.69, 9.17) is 0 Å². The molecule has 7 heteroatoms. The Kier molecular flexibility index (Phi) is 3.56. The number of hydrogen-bond donors (Lipinski definition) is 1. The highest BCUT2D eigenvalue weighted by Crippen LogP contribution is 2.22. The zero-order valence-electron chi connectivity index (χ0n) is 10.6. The molecule has 0 aliphatic carbocycles. The van der Waals surface area contributed by atoms with Crippen LogP contribution in [-0.2, 0) is 0 Å². The Balaban J connectivity index is 2.11. The maximum Gasteiger partial charge on any atom is 0.322 e. The standard InChI is InChI=1S/C12H13N5O2/c1-16(2)10-5-3-9(4-6-10)14-15-11-7-8-12(13-11)17(18)19/h3-8,13H,1-2H3. The zero-order chi connectivity index (χ0) is 13.8. The molecule has 1 heterocycles. The van der Waals surface area contributed by atoms with Crippen LogP contribution < -0.4 is 4.90 Å². The van der Waals surface area contributed by atoms with Crippen molar-refractivity contribution in [3.05, 3.63) is 46.5 Å². The van der Waals surface area contributed by atoms with Crippen LogP contribution in [0.2, 0.25) is 0 Å². The highest BCUT2D eigenvalue weighted by Gasteiger charge is 2.06. The normalized spacial score (nSPS) is 10.8. The number of H-pyrrole nitrogens is 1. The summed E-state index contributed by atoms with van der Waals surface area (Å²) in [5.74, 6) is 0.250. The van der Waals surface area contributed by atoms with E-state index in [1.165, 1.54) is 12.1 Å². The van der Waals surface area contributed by atoms with Crippen molar-refractivity contribution in [1.82, 2.24) is 4.98 Å². The Hall–Kier alpha value is -2.70. The van der Waals surface area contributed by atoms with E-state index in [2.05, 4.69) is 15.2 Å². The molecule has 0 aliphatic rings. The molecule has 2 aromatic rings. The lowest BCUT2D eigenvalue weighted by molar-refractivity contribution is -0.389. The van der Waals surface area contributed by atoms with Gasteiger partial charge in [-0.1, -0.05) is 0 Å². The van der Waals surface area contributed by atoms with Crippen LogP contribution in [0.15, 0.2) is 46.6 Å². The van der Waals surface area contributed by atoms with Crippen LogP contribution >= 0.6 is 0 Å². The van der Waals surface area contributed by atoms with Gasteiger partial charge < -0.3 is 15.0 Å². The molecule has 1 N–H and O–H groups in total. The number of aromatic amines is 1. The topological polar surface area (TPSA) is 86.9 Å². The van der Waals surface area contributed by atoms with E-state index in [9.17, 15) is 10.1 Å². The lowest BCUT2D eigenvalue weighted by Crippen LogP contribution is -2.07. The monoisotopic (exact) mass is 259 g/mol. The second kappa shape index (κ2) is 5.30. The van der Waals surface area contributed by atoms with Gasteiger partial charge in [0, 0.05) is 31.9 Å². The molecule has 0 bridgehead atoms. The summed E-state index contributed by atoms with van der Waals surface area (Å²) in [5, 5.41) is 18.4. The third-order valence-corrected chi connectivity index (χ3v) is 2.49. The molecule has 1 aromatic heterocycles. The van der Waals surface area contributed by atoms with Gasteiger partial charge in [0.2, 0.25) is 5.82 Å². The molecule has 0 fully saturated rings. The van der Waals surface area contributed by atoms with Gasteiger partial charge in [0.15, 0.2) is 0 Å². The summed E-state index contributed by atoms with van der Waals surface area (Å²) in [6.45, 7) is 0. The van der Waals surface area contributed by atoms with Crippen LogP contribution in [0.4, 0.5) is 23.0 Å². The van der Waals surface area contributed by atoms with Gasteiger partial charge in [0.25, 0.3) is 0 Å². The van der Waals surface area contributed by atoms with E-state index in [1.54, 1.807) is 0 Å². The van der Waals surface area contributed by atoms with Crippen molar-refractivity contribution in [1.29, 1.82) is 0 Å². The summed E-state index contributed by atoms with van der Waals surface area (Å²) in [6, 6.07) is 10.4. The number of nitrogens with zero attached hydrogens (tertiary/aromatic N) is 4. The highest BCUT2D eigenvalue weighted by atomic mass is 16.6. The minimum Gasteiger partial charge on any atom is -0.378 e. The van der Waals surface area contributed by atoms with Gasteiger partial charge in [-0.15, -0.1) is 10.2 Å². The third kappa shape index (κ3) is 3.15. The third-order valence-electron chi connectivity index (χ3n) is 2.49. The van der Waals surface area contributed by atoms with Crippen LogP contribution in [0.25, 0.3) is 0 Å². The Morgan fingerprint density at radius 3 is 2.32 bits per heavy atom. The average Bonchev–Trinajstić information content (AvgIpc) is 2.86. The number of rotatable bonds is 4. The van der Waals surface area contributed by atoms with E-state index in [0.717, 1.165) is 5.69 Å². The molecule has 7 nitrogen and oxygen atoms in total. The van der Waals surface area contributed by atoms with E-state index in [1.807, 2.05) is 43.3 Å². The van der Waals surface area contributed by atoms with Gasteiger partial charge in [0.1, 0.15) is 0 Å². The lowest BCUT2D eigenvalue weighted by Gasteiger charge is -2.11. The summed E-state index contributed by atoms with van der Waals surface area (Å²) in [6.07, 6.45) is 0. The van der Waals surface area contributed by atoms with Crippen molar-refractivity contribution in [3.8, 4) is 0 Å². The van der Waals surface area contributed by atoms with Crippen molar-refractivity contribution >= 4 is 23.0 Å². The molecular weight excluding hydrogens is 246 g/mol. The molecule has 0 saturated heterocycles. The fourth-order valence-corrected chi connectivity index (χ4v) is 1.47. The summed E-state index contributed by atoms with van der Waals surface area (Å²) in [4.78, 5) is 14.5. The zero-order valence-corrected chi connectivity index (χ0v) is 10.6. The lowest BCUT2D eigenvalue weighted by atomic mass is 10.3. The minimum atomic E-state index is -0.509. The second-order valence-electron chi connectivity index (χ2n) is 4.10. The first kappa shape index (κ1) is 12.7. The quantitative estimate of drug-likeness (QED) is 0.518. The average molecular weight is 259 g/mol. The molecule has 0 radical (unpaired) electrons. The first-order chi connectivity index (χ1) is 9.06. The van der Waals surface area contributed by atoms with Crippen LogP contribution in [0.5, 0.6) is 0 Å². The molecule has 2 rings (SSSR count). The largest absolute Gasteiger partial charge is 0.378 e. The highest BCUT2D eigenvalue weighted by molar-refractivity contribution is 5.51. The number of nitro groups is 1. The molecule has 19 heavy (non-hydrogen) atoms. The van der Waals surface area contributed by atoms with Crippen LogP contribution in [-0.4, -0.2) is 24.0 Å². The SMILES string of the molecule is CN(C)c1ccc(N=Nc2ccc([N+](=O)[O-])[nH]2)cc1. The number of anilines is 1. The van der Waals surface area contributed by atoms with Crippen molar-refractivity contribution in [3.63, 3.8) is 0 Å². The van der Waals surface area contributed by atoms with Crippen molar-refractivity contribution in [2.75, 3.05) is 19.0 Å². The molecule has 98 valence electrons. The van der Waals surface area contributed by atoms with E-state index >= 15 is 0 Å². The number of nitrogens with one attached hydrogen (secondary N) is 1. The van der Waals surface area contributed by atoms with Gasteiger partial charge >= 0.3 is 5.82 Å². The van der Waals surface area contributed by atoms with E-state index in [0.29, 0.717) is 11.5 Å². The van der Waals surface area contributed by atoms with Gasteiger partial charge in [-0.2, -0.15) is 0 Å². The predicted molar refractivity (Wildman–Crippen MR) is 72.4 cm³/mol. The molecule has 0 spiro atoms. The maximum atomic E-state index is 10.5. The predicted octanol–water partition coefficient (Wildman–Crippen LogP) is 3.40. The van der Waals surface area contributed by atoms with E-state index in [-0.39, 0.29) is 5.82 Å². The first-order valence-corrected chi connectivity index (χ1v) is 5.59.